The Kier molecular flexibility index (Phi) is 5.12. The van der Waals surface area contributed by atoms with E-state index in [1.165, 1.54) is 16.7 Å². The summed E-state index contributed by atoms with van der Waals surface area (Å²) in [7, 11) is 0. The van der Waals surface area contributed by atoms with Crippen molar-refractivity contribution in [2.24, 2.45) is 0 Å². The monoisotopic (exact) mass is 375 g/mol. The maximum Gasteiger partial charge on any atom is 0.192 e. The minimum absolute atomic E-state index is 0.726. The first kappa shape index (κ1) is 17.6. The number of rotatable bonds is 6. The quantitative estimate of drug-likeness (QED) is 0.418. The minimum atomic E-state index is 0.726. The van der Waals surface area contributed by atoms with Gasteiger partial charge < -0.3 is 4.42 Å². The molecule has 0 saturated carbocycles. The third-order valence-electron chi connectivity index (χ3n) is 4.45. The lowest BCUT2D eigenvalue weighted by molar-refractivity contribution is 0.534. The summed E-state index contributed by atoms with van der Waals surface area (Å²) >= 11 is 1.71. The average Bonchev–Trinajstić information content (AvgIpc) is 3.27. The zero-order chi connectivity index (χ0) is 18.6. The standard InChI is InChI=1S/C22H21N3OS/c1-16-7-6-10-19(13-16)15-27-22-24-23-21(20-11-12-26-17(20)2)25(22)14-18-8-4-3-5-9-18/h3-13H,14-15H2,1-2H3. The van der Waals surface area contributed by atoms with Crippen LogP contribution in [-0.2, 0) is 12.3 Å². The van der Waals surface area contributed by atoms with Gasteiger partial charge in [-0.2, -0.15) is 0 Å². The van der Waals surface area contributed by atoms with Gasteiger partial charge in [0.05, 0.1) is 18.4 Å². The highest BCUT2D eigenvalue weighted by Crippen LogP contribution is 2.29. The van der Waals surface area contributed by atoms with Gasteiger partial charge in [0.15, 0.2) is 11.0 Å². The summed E-state index contributed by atoms with van der Waals surface area (Å²) in [5.41, 5.74) is 4.77. The third kappa shape index (κ3) is 3.98. The molecule has 2 aromatic heterocycles. The Labute approximate surface area is 163 Å². The molecule has 4 aromatic rings. The zero-order valence-electron chi connectivity index (χ0n) is 15.4. The van der Waals surface area contributed by atoms with Crippen molar-refractivity contribution in [3.05, 3.63) is 89.4 Å². The highest BCUT2D eigenvalue weighted by atomic mass is 32.2. The Hall–Kier alpha value is -2.79. The lowest BCUT2D eigenvalue weighted by Gasteiger charge is -2.10. The van der Waals surface area contributed by atoms with E-state index in [-0.39, 0.29) is 0 Å². The molecule has 2 heterocycles. The summed E-state index contributed by atoms with van der Waals surface area (Å²) in [5.74, 6) is 2.56. The number of nitrogens with zero attached hydrogens (tertiary/aromatic N) is 3. The number of furan rings is 1. The van der Waals surface area contributed by atoms with Crippen LogP contribution in [0.1, 0.15) is 22.5 Å². The fourth-order valence-electron chi connectivity index (χ4n) is 3.07. The summed E-state index contributed by atoms with van der Waals surface area (Å²) in [6.45, 7) is 4.80. The van der Waals surface area contributed by atoms with Crippen molar-refractivity contribution in [2.75, 3.05) is 0 Å². The van der Waals surface area contributed by atoms with Gasteiger partial charge in [0.2, 0.25) is 0 Å². The third-order valence-corrected chi connectivity index (χ3v) is 5.49. The second kappa shape index (κ2) is 7.84. The van der Waals surface area contributed by atoms with Crippen LogP contribution in [0.15, 0.2) is 76.5 Å². The molecule has 0 bridgehead atoms. The van der Waals surface area contributed by atoms with Gasteiger partial charge in [0.25, 0.3) is 0 Å². The first-order valence-electron chi connectivity index (χ1n) is 8.90. The van der Waals surface area contributed by atoms with E-state index in [2.05, 4.69) is 70.2 Å². The molecular formula is C22H21N3OS. The molecule has 27 heavy (non-hydrogen) atoms. The molecule has 0 atom stereocenters. The van der Waals surface area contributed by atoms with Crippen LogP contribution in [0.2, 0.25) is 0 Å². The Bertz CT molecular complexity index is 1040. The van der Waals surface area contributed by atoms with Crippen molar-refractivity contribution in [3.8, 4) is 11.4 Å². The molecule has 0 spiro atoms. The Balaban J connectivity index is 1.66. The Morgan fingerprint density at radius 3 is 2.48 bits per heavy atom. The van der Waals surface area contributed by atoms with Gasteiger partial charge in [-0.15, -0.1) is 10.2 Å². The number of hydrogen-bond donors (Lipinski definition) is 0. The molecule has 0 N–H and O–H groups in total. The molecule has 0 radical (unpaired) electrons. The van der Waals surface area contributed by atoms with Gasteiger partial charge >= 0.3 is 0 Å². The summed E-state index contributed by atoms with van der Waals surface area (Å²) in [6, 6.07) is 20.9. The largest absolute Gasteiger partial charge is 0.469 e. The number of aromatic nitrogens is 3. The van der Waals surface area contributed by atoms with E-state index >= 15 is 0 Å². The van der Waals surface area contributed by atoms with Crippen molar-refractivity contribution in [2.45, 2.75) is 31.3 Å². The summed E-state index contributed by atoms with van der Waals surface area (Å²) in [5, 5.41) is 9.87. The normalized spacial score (nSPS) is 11.0. The second-order valence-electron chi connectivity index (χ2n) is 6.55. The van der Waals surface area contributed by atoms with Crippen LogP contribution in [0.3, 0.4) is 0 Å². The number of hydrogen-bond acceptors (Lipinski definition) is 4. The van der Waals surface area contributed by atoms with Crippen LogP contribution in [0.4, 0.5) is 0 Å². The number of benzene rings is 2. The molecule has 0 aliphatic heterocycles. The Morgan fingerprint density at radius 1 is 0.926 bits per heavy atom. The summed E-state index contributed by atoms with van der Waals surface area (Å²) in [4.78, 5) is 0. The smallest absolute Gasteiger partial charge is 0.192 e. The maximum absolute atomic E-state index is 5.49. The fourth-order valence-corrected chi connectivity index (χ4v) is 3.95. The van der Waals surface area contributed by atoms with Gasteiger partial charge in [-0.1, -0.05) is 71.9 Å². The number of thioether (sulfide) groups is 1. The van der Waals surface area contributed by atoms with Crippen LogP contribution in [0, 0.1) is 13.8 Å². The molecule has 4 nitrogen and oxygen atoms in total. The predicted molar refractivity (Wildman–Crippen MR) is 109 cm³/mol. The van der Waals surface area contributed by atoms with Gasteiger partial charge in [0, 0.05) is 5.75 Å². The molecule has 0 fully saturated rings. The molecule has 0 aliphatic rings. The van der Waals surface area contributed by atoms with Crippen molar-refractivity contribution < 1.29 is 4.42 Å². The molecule has 4 rings (SSSR count). The minimum Gasteiger partial charge on any atom is -0.469 e. The van der Waals surface area contributed by atoms with Crippen LogP contribution in [0.5, 0.6) is 0 Å². The van der Waals surface area contributed by atoms with Crippen LogP contribution in [0.25, 0.3) is 11.4 Å². The van der Waals surface area contributed by atoms with Crippen molar-refractivity contribution in [3.63, 3.8) is 0 Å². The van der Waals surface area contributed by atoms with Crippen LogP contribution >= 0.6 is 11.8 Å². The van der Waals surface area contributed by atoms with Crippen LogP contribution in [-0.4, -0.2) is 14.8 Å². The van der Waals surface area contributed by atoms with E-state index in [0.29, 0.717) is 0 Å². The molecule has 0 amide bonds. The molecule has 136 valence electrons. The topological polar surface area (TPSA) is 43.9 Å². The first-order valence-corrected chi connectivity index (χ1v) is 9.89. The lowest BCUT2D eigenvalue weighted by Crippen LogP contribution is -2.04. The highest BCUT2D eigenvalue weighted by molar-refractivity contribution is 7.98. The van der Waals surface area contributed by atoms with Crippen molar-refractivity contribution in [1.82, 2.24) is 14.8 Å². The summed E-state index contributed by atoms with van der Waals surface area (Å²) in [6.07, 6.45) is 1.70. The van der Waals surface area contributed by atoms with Gasteiger partial charge in [-0.3, -0.25) is 4.57 Å². The van der Waals surface area contributed by atoms with Crippen LogP contribution < -0.4 is 0 Å². The van der Waals surface area contributed by atoms with E-state index in [4.69, 9.17) is 4.42 Å². The fraction of sp³-hybridized carbons (Fsp3) is 0.182. The average molecular weight is 375 g/mol. The molecule has 0 unspecified atom stereocenters. The number of aryl methyl sites for hydroxylation is 2. The SMILES string of the molecule is Cc1cccc(CSc2nnc(-c3ccoc3C)n2Cc2ccccc2)c1. The van der Waals surface area contributed by atoms with E-state index in [1.807, 2.05) is 19.1 Å². The molecular weight excluding hydrogens is 354 g/mol. The van der Waals surface area contributed by atoms with E-state index in [0.717, 1.165) is 34.6 Å². The van der Waals surface area contributed by atoms with Crippen molar-refractivity contribution >= 4 is 11.8 Å². The molecule has 2 aromatic carbocycles. The predicted octanol–water partition coefficient (Wildman–Crippen LogP) is 5.50. The van der Waals surface area contributed by atoms with Crippen molar-refractivity contribution in [1.29, 1.82) is 0 Å². The molecule has 0 saturated heterocycles. The second-order valence-corrected chi connectivity index (χ2v) is 7.49. The van der Waals surface area contributed by atoms with Gasteiger partial charge in [-0.25, -0.2) is 0 Å². The van der Waals surface area contributed by atoms with E-state index < -0.39 is 0 Å². The highest BCUT2D eigenvalue weighted by Gasteiger charge is 2.18. The molecule has 5 heteroatoms. The molecule has 0 aliphatic carbocycles. The first-order chi connectivity index (χ1) is 13.2. The Morgan fingerprint density at radius 2 is 1.74 bits per heavy atom. The summed E-state index contributed by atoms with van der Waals surface area (Å²) < 4.78 is 7.66. The maximum atomic E-state index is 5.49. The lowest BCUT2D eigenvalue weighted by atomic mass is 10.2. The van der Waals surface area contributed by atoms with E-state index in [9.17, 15) is 0 Å². The zero-order valence-corrected chi connectivity index (χ0v) is 16.2. The van der Waals surface area contributed by atoms with E-state index in [1.54, 1.807) is 18.0 Å². The van der Waals surface area contributed by atoms with Gasteiger partial charge in [-0.05, 0) is 31.0 Å². The van der Waals surface area contributed by atoms with Gasteiger partial charge in [0.1, 0.15) is 5.76 Å².